The Kier molecular flexibility index (Phi) is 4.38. The van der Waals surface area contributed by atoms with E-state index >= 15 is 0 Å². The molecule has 4 heterocycles. The number of alkyl halides is 3. The van der Waals surface area contributed by atoms with E-state index < -0.39 is 17.6 Å². The van der Waals surface area contributed by atoms with Gasteiger partial charge in [0.05, 0.1) is 11.3 Å². The quantitative estimate of drug-likeness (QED) is 0.692. The van der Waals surface area contributed by atoms with Gasteiger partial charge in [-0.3, -0.25) is 9.88 Å². The molecular weight excluding hydrogens is 416 g/mol. The van der Waals surface area contributed by atoms with Crippen molar-refractivity contribution in [2.75, 3.05) is 18.0 Å². The Morgan fingerprint density at radius 3 is 2.50 bits per heavy atom. The summed E-state index contributed by atoms with van der Waals surface area (Å²) >= 11 is 3.35. The second-order valence-corrected chi connectivity index (χ2v) is 7.54. The molecule has 0 radical (unpaired) electrons. The van der Waals surface area contributed by atoms with Crippen molar-refractivity contribution in [1.82, 2.24) is 14.9 Å². The van der Waals surface area contributed by atoms with E-state index in [0.29, 0.717) is 31.9 Å². The molecule has 2 aliphatic rings. The van der Waals surface area contributed by atoms with Crippen LogP contribution in [0.3, 0.4) is 0 Å². The van der Waals surface area contributed by atoms with Gasteiger partial charge in [0.2, 0.25) is 0 Å². The van der Waals surface area contributed by atoms with Crippen molar-refractivity contribution in [3.63, 3.8) is 0 Å². The van der Waals surface area contributed by atoms with Crippen molar-refractivity contribution in [3.8, 4) is 0 Å². The second kappa shape index (κ2) is 6.45. The highest BCUT2D eigenvalue weighted by Crippen LogP contribution is 2.37. The number of rotatable bonds is 3. The van der Waals surface area contributed by atoms with E-state index in [1.54, 1.807) is 11.1 Å². The molecule has 2 fully saturated rings. The van der Waals surface area contributed by atoms with E-state index in [2.05, 4.69) is 30.8 Å². The third kappa shape index (κ3) is 3.29. The maximum absolute atomic E-state index is 14.2. The molecule has 4 nitrogen and oxygen atoms in total. The Hall–Kier alpha value is -1.74. The molecule has 2 saturated heterocycles. The molecule has 0 aromatic carbocycles. The average Bonchev–Trinajstić information content (AvgIpc) is 3.16. The van der Waals surface area contributed by atoms with Crippen LogP contribution in [0.1, 0.15) is 17.7 Å². The highest BCUT2D eigenvalue weighted by atomic mass is 79.9. The van der Waals surface area contributed by atoms with Gasteiger partial charge in [0, 0.05) is 48.6 Å². The Balaban J connectivity index is 1.46. The molecule has 2 aromatic heterocycles. The molecule has 2 bridgehead atoms. The van der Waals surface area contributed by atoms with Crippen molar-refractivity contribution >= 4 is 21.7 Å². The summed E-state index contributed by atoms with van der Waals surface area (Å²) in [6, 6.07) is 4.68. The zero-order valence-electron chi connectivity index (χ0n) is 13.5. The van der Waals surface area contributed by atoms with Gasteiger partial charge in [-0.25, -0.2) is 9.37 Å². The van der Waals surface area contributed by atoms with Crippen LogP contribution in [0.25, 0.3) is 0 Å². The minimum atomic E-state index is -4.59. The fraction of sp³-hybridized carbons (Fsp3) is 0.412. The largest absolute Gasteiger partial charge is 0.417 e. The third-order valence-corrected chi connectivity index (χ3v) is 5.40. The van der Waals surface area contributed by atoms with Crippen molar-refractivity contribution in [2.45, 2.75) is 31.2 Å². The fourth-order valence-electron chi connectivity index (χ4n) is 3.71. The van der Waals surface area contributed by atoms with Gasteiger partial charge in [0.25, 0.3) is 0 Å². The fourth-order valence-corrected chi connectivity index (χ4v) is 3.94. The van der Waals surface area contributed by atoms with Crippen molar-refractivity contribution in [3.05, 3.63) is 52.1 Å². The van der Waals surface area contributed by atoms with Gasteiger partial charge in [-0.2, -0.15) is 13.2 Å². The summed E-state index contributed by atoms with van der Waals surface area (Å²) in [5.41, 5.74) is -0.114. The average molecular weight is 431 g/mol. The first-order chi connectivity index (χ1) is 12.3. The maximum atomic E-state index is 14.2. The van der Waals surface area contributed by atoms with Crippen LogP contribution in [-0.2, 0) is 12.7 Å². The van der Waals surface area contributed by atoms with Gasteiger partial charge in [-0.15, -0.1) is 0 Å². The molecule has 26 heavy (non-hydrogen) atoms. The number of nitrogens with zero attached hydrogens (tertiary/aromatic N) is 4. The summed E-state index contributed by atoms with van der Waals surface area (Å²) in [5, 5.41) is 0. The summed E-state index contributed by atoms with van der Waals surface area (Å²) in [7, 11) is 0. The highest BCUT2D eigenvalue weighted by Gasteiger charge is 2.44. The zero-order chi connectivity index (χ0) is 18.5. The van der Waals surface area contributed by atoms with E-state index in [4.69, 9.17) is 0 Å². The number of fused-ring (bicyclic) bond motifs is 2. The molecule has 9 heteroatoms. The van der Waals surface area contributed by atoms with Gasteiger partial charge in [0.15, 0.2) is 11.6 Å². The molecule has 0 aliphatic carbocycles. The van der Waals surface area contributed by atoms with E-state index in [-0.39, 0.29) is 17.9 Å². The number of likely N-dealkylation sites (tertiary alicyclic amines) is 1. The van der Waals surface area contributed by atoms with E-state index in [9.17, 15) is 17.6 Å². The Morgan fingerprint density at radius 1 is 1.12 bits per heavy atom. The first-order valence-electron chi connectivity index (χ1n) is 8.15. The third-order valence-electron chi connectivity index (χ3n) is 4.93. The van der Waals surface area contributed by atoms with Gasteiger partial charge in [0.1, 0.15) is 0 Å². The Bertz CT molecular complexity index is 811. The summed E-state index contributed by atoms with van der Waals surface area (Å²) in [6.45, 7) is 1.96. The van der Waals surface area contributed by atoms with E-state index in [0.717, 1.165) is 16.6 Å². The smallest absolute Gasteiger partial charge is 0.348 e. The predicted octanol–water partition coefficient (Wildman–Crippen LogP) is 3.86. The van der Waals surface area contributed by atoms with E-state index in [1.807, 2.05) is 12.1 Å². The van der Waals surface area contributed by atoms with Crippen LogP contribution in [0.2, 0.25) is 0 Å². The van der Waals surface area contributed by atoms with Gasteiger partial charge in [-0.05, 0) is 40.5 Å². The summed E-state index contributed by atoms with van der Waals surface area (Å²) in [5.74, 6) is -0.916. The molecule has 0 amide bonds. The minimum absolute atomic E-state index is 0.00640. The molecule has 138 valence electrons. The number of halogens is 5. The van der Waals surface area contributed by atoms with Crippen LogP contribution in [-0.4, -0.2) is 40.0 Å². The number of hydrogen-bond acceptors (Lipinski definition) is 4. The SMILES string of the molecule is Fc1cc(C(F)(F)F)cnc1N1CC2CC1CN2Cc1ccc(Br)cn1. The van der Waals surface area contributed by atoms with Crippen LogP contribution in [0.5, 0.6) is 0 Å². The molecule has 0 saturated carbocycles. The van der Waals surface area contributed by atoms with Crippen LogP contribution in [0.15, 0.2) is 35.1 Å². The highest BCUT2D eigenvalue weighted by molar-refractivity contribution is 9.10. The van der Waals surface area contributed by atoms with Crippen molar-refractivity contribution in [1.29, 1.82) is 0 Å². The lowest BCUT2D eigenvalue weighted by molar-refractivity contribution is -0.138. The first-order valence-corrected chi connectivity index (χ1v) is 8.94. The van der Waals surface area contributed by atoms with Gasteiger partial charge >= 0.3 is 6.18 Å². The summed E-state index contributed by atoms with van der Waals surface area (Å²) in [6.07, 6.45) is -1.30. The first kappa shape index (κ1) is 17.7. The minimum Gasteiger partial charge on any atom is -0.348 e. The molecular formula is C17H15BrF4N4. The monoisotopic (exact) mass is 430 g/mol. The standard InChI is InChI=1S/C17H15BrF4N4/c18-11-1-2-12(23-6-11)7-25-8-14-4-13(25)9-26(14)16-15(19)3-10(5-24-16)17(20,21)22/h1-3,5-6,13-14H,4,7-9H2. The topological polar surface area (TPSA) is 32.3 Å². The molecule has 2 atom stereocenters. The maximum Gasteiger partial charge on any atom is 0.417 e. The lowest BCUT2D eigenvalue weighted by Crippen LogP contribution is -2.46. The molecule has 2 aromatic rings. The lowest BCUT2D eigenvalue weighted by atomic mass is 10.2. The number of anilines is 1. The Labute approximate surface area is 156 Å². The number of pyridine rings is 2. The lowest BCUT2D eigenvalue weighted by Gasteiger charge is -2.34. The van der Waals surface area contributed by atoms with Gasteiger partial charge < -0.3 is 4.90 Å². The number of piperazine rings is 1. The Morgan fingerprint density at radius 2 is 1.92 bits per heavy atom. The van der Waals surface area contributed by atoms with E-state index in [1.165, 1.54) is 0 Å². The van der Waals surface area contributed by atoms with Crippen molar-refractivity contribution < 1.29 is 17.6 Å². The van der Waals surface area contributed by atoms with Crippen LogP contribution >= 0.6 is 15.9 Å². The molecule has 2 unspecified atom stereocenters. The van der Waals surface area contributed by atoms with Crippen LogP contribution < -0.4 is 4.90 Å². The van der Waals surface area contributed by atoms with Gasteiger partial charge in [-0.1, -0.05) is 0 Å². The van der Waals surface area contributed by atoms with Crippen molar-refractivity contribution in [2.24, 2.45) is 0 Å². The van der Waals surface area contributed by atoms with Crippen LogP contribution in [0, 0.1) is 5.82 Å². The summed E-state index contributed by atoms with van der Waals surface area (Å²) in [4.78, 5) is 12.2. The summed E-state index contributed by atoms with van der Waals surface area (Å²) < 4.78 is 53.1. The molecule has 0 N–H and O–H groups in total. The molecule has 0 spiro atoms. The molecule has 4 rings (SSSR count). The zero-order valence-corrected chi connectivity index (χ0v) is 15.1. The predicted molar refractivity (Wildman–Crippen MR) is 91.1 cm³/mol. The number of aromatic nitrogens is 2. The normalized spacial score (nSPS) is 23.0. The number of hydrogen-bond donors (Lipinski definition) is 0. The van der Waals surface area contributed by atoms with Crippen LogP contribution in [0.4, 0.5) is 23.4 Å². The second-order valence-electron chi connectivity index (χ2n) is 6.62. The molecule has 2 aliphatic heterocycles.